The van der Waals surface area contributed by atoms with Gasteiger partial charge in [0.1, 0.15) is 11.4 Å². The van der Waals surface area contributed by atoms with Crippen molar-refractivity contribution in [3.05, 3.63) is 65.7 Å². The van der Waals surface area contributed by atoms with E-state index in [0.717, 1.165) is 22.2 Å². The number of halogens is 1. The molecule has 0 aliphatic rings. The predicted molar refractivity (Wildman–Crippen MR) is 103 cm³/mol. The standard InChI is InChI=1S/C20H17ClN4O/c1-13(12-26)25-20-16(18(24-25)14-8-4-2-5-9-14)17(21)19(22-23-20)15-10-6-3-7-11-15/h2-11,13,26H,12H2,1H3. The minimum Gasteiger partial charge on any atom is -0.394 e. The molecule has 0 radical (unpaired) electrons. The van der Waals surface area contributed by atoms with Gasteiger partial charge in [0.15, 0.2) is 5.65 Å². The lowest BCUT2D eigenvalue weighted by molar-refractivity contribution is 0.232. The fraction of sp³-hybridized carbons (Fsp3) is 0.150. The quantitative estimate of drug-likeness (QED) is 0.584. The van der Waals surface area contributed by atoms with E-state index in [1.165, 1.54) is 0 Å². The first-order valence-corrected chi connectivity index (χ1v) is 8.74. The van der Waals surface area contributed by atoms with E-state index < -0.39 is 0 Å². The molecular formula is C20H17ClN4O. The number of benzene rings is 2. The first kappa shape index (κ1) is 16.7. The molecule has 0 aliphatic heterocycles. The Morgan fingerprint density at radius 1 is 0.923 bits per heavy atom. The molecule has 130 valence electrons. The molecule has 1 atom stereocenters. The van der Waals surface area contributed by atoms with Gasteiger partial charge in [-0.1, -0.05) is 72.3 Å². The van der Waals surface area contributed by atoms with Gasteiger partial charge < -0.3 is 5.11 Å². The van der Waals surface area contributed by atoms with Crippen LogP contribution in [0.4, 0.5) is 0 Å². The van der Waals surface area contributed by atoms with Crippen molar-refractivity contribution in [2.24, 2.45) is 0 Å². The van der Waals surface area contributed by atoms with Crippen molar-refractivity contribution in [2.45, 2.75) is 13.0 Å². The third kappa shape index (κ3) is 2.75. The average Bonchev–Trinajstić information content (AvgIpc) is 3.09. The van der Waals surface area contributed by atoms with E-state index in [1.807, 2.05) is 67.6 Å². The van der Waals surface area contributed by atoms with E-state index >= 15 is 0 Å². The van der Waals surface area contributed by atoms with E-state index in [2.05, 4.69) is 10.2 Å². The van der Waals surface area contributed by atoms with Crippen molar-refractivity contribution >= 4 is 22.6 Å². The van der Waals surface area contributed by atoms with Crippen LogP contribution in [0.2, 0.25) is 5.02 Å². The summed E-state index contributed by atoms with van der Waals surface area (Å²) < 4.78 is 1.69. The summed E-state index contributed by atoms with van der Waals surface area (Å²) in [6.45, 7) is 1.83. The minimum atomic E-state index is -0.233. The molecule has 1 unspecified atom stereocenters. The van der Waals surface area contributed by atoms with Crippen molar-refractivity contribution in [3.63, 3.8) is 0 Å². The van der Waals surface area contributed by atoms with Gasteiger partial charge >= 0.3 is 0 Å². The zero-order valence-corrected chi connectivity index (χ0v) is 14.9. The third-order valence-electron chi connectivity index (χ3n) is 4.33. The Labute approximate surface area is 155 Å². The van der Waals surface area contributed by atoms with E-state index in [4.69, 9.17) is 16.7 Å². The van der Waals surface area contributed by atoms with E-state index in [9.17, 15) is 5.11 Å². The second-order valence-electron chi connectivity index (χ2n) is 6.12. The molecule has 0 aliphatic carbocycles. The normalized spacial score (nSPS) is 12.4. The summed E-state index contributed by atoms with van der Waals surface area (Å²) in [5.41, 5.74) is 3.75. The lowest BCUT2D eigenvalue weighted by Gasteiger charge is -2.09. The molecule has 4 aromatic rings. The Balaban J connectivity index is 2.03. The fourth-order valence-electron chi connectivity index (χ4n) is 2.95. The molecule has 6 heteroatoms. The summed E-state index contributed by atoms with van der Waals surface area (Å²) in [5, 5.41) is 24.3. The van der Waals surface area contributed by atoms with Crippen molar-refractivity contribution < 1.29 is 5.11 Å². The first-order chi connectivity index (χ1) is 12.7. The molecule has 5 nitrogen and oxygen atoms in total. The van der Waals surface area contributed by atoms with Gasteiger partial charge in [-0.2, -0.15) is 5.10 Å². The van der Waals surface area contributed by atoms with E-state index in [0.29, 0.717) is 16.4 Å². The highest BCUT2D eigenvalue weighted by atomic mass is 35.5. The Morgan fingerprint density at radius 2 is 1.50 bits per heavy atom. The Hall–Kier alpha value is -2.76. The van der Waals surface area contributed by atoms with Crippen molar-refractivity contribution in [3.8, 4) is 22.5 Å². The number of aromatic nitrogens is 4. The molecule has 0 saturated carbocycles. The predicted octanol–water partition coefficient (Wildman–Crippen LogP) is 4.37. The largest absolute Gasteiger partial charge is 0.394 e. The van der Waals surface area contributed by atoms with Crippen molar-refractivity contribution in [1.82, 2.24) is 20.0 Å². The topological polar surface area (TPSA) is 63.8 Å². The molecule has 0 amide bonds. The minimum absolute atomic E-state index is 0.0508. The van der Waals surface area contributed by atoms with Crippen LogP contribution in [-0.4, -0.2) is 31.7 Å². The van der Waals surface area contributed by atoms with Crippen molar-refractivity contribution in [2.75, 3.05) is 6.61 Å². The molecule has 2 heterocycles. The van der Waals surface area contributed by atoms with E-state index in [1.54, 1.807) is 4.68 Å². The van der Waals surface area contributed by atoms with Crippen molar-refractivity contribution in [1.29, 1.82) is 0 Å². The molecule has 0 bridgehead atoms. The lowest BCUT2D eigenvalue weighted by atomic mass is 10.1. The Morgan fingerprint density at radius 3 is 2.08 bits per heavy atom. The maximum absolute atomic E-state index is 9.59. The summed E-state index contributed by atoms with van der Waals surface area (Å²) in [7, 11) is 0. The van der Waals surface area contributed by atoms with Crippen LogP contribution in [0, 0.1) is 0 Å². The summed E-state index contributed by atoms with van der Waals surface area (Å²) in [5.74, 6) is 0. The molecule has 26 heavy (non-hydrogen) atoms. The molecule has 2 aromatic carbocycles. The van der Waals surface area contributed by atoms with Crippen LogP contribution in [0.3, 0.4) is 0 Å². The van der Waals surface area contributed by atoms with E-state index in [-0.39, 0.29) is 12.6 Å². The number of rotatable bonds is 4. The molecular weight excluding hydrogens is 348 g/mol. The summed E-state index contributed by atoms with van der Waals surface area (Å²) in [6, 6.07) is 19.3. The number of fused-ring (bicyclic) bond motifs is 1. The molecule has 0 saturated heterocycles. The molecule has 1 N–H and O–H groups in total. The number of hydrogen-bond donors (Lipinski definition) is 1. The molecule has 0 spiro atoms. The number of nitrogens with zero attached hydrogens (tertiary/aromatic N) is 4. The Bertz CT molecular complexity index is 1050. The highest BCUT2D eigenvalue weighted by Gasteiger charge is 2.22. The maximum atomic E-state index is 9.59. The van der Waals surface area contributed by atoms with Gasteiger partial charge in [-0.3, -0.25) is 0 Å². The smallest absolute Gasteiger partial charge is 0.182 e. The molecule has 2 aromatic heterocycles. The first-order valence-electron chi connectivity index (χ1n) is 8.36. The van der Waals surface area contributed by atoms with Gasteiger partial charge in [-0.05, 0) is 6.92 Å². The number of aliphatic hydroxyl groups excluding tert-OH is 1. The van der Waals surface area contributed by atoms with Crippen LogP contribution in [-0.2, 0) is 0 Å². The van der Waals surface area contributed by atoms with Gasteiger partial charge in [-0.25, -0.2) is 4.68 Å². The lowest BCUT2D eigenvalue weighted by Crippen LogP contribution is -2.11. The SMILES string of the molecule is CC(CO)n1nc(-c2ccccc2)c2c(Cl)c(-c3ccccc3)nnc21. The summed E-state index contributed by atoms with van der Waals surface area (Å²) >= 11 is 6.77. The molecule has 4 rings (SSSR count). The molecule has 0 fully saturated rings. The van der Waals surface area contributed by atoms with Gasteiger partial charge in [0.2, 0.25) is 0 Å². The monoisotopic (exact) mass is 364 g/mol. The van der Waals surface area contributed by atoms with Crippen LogP contribution in [0.5, 0.6) is 0 Å². The highest BCUT2D eigenvalue weighted by molar-refractivity contribution is 6.38. The zero-order valence-electron chi connectivity index (χ0n) is 14.2. The second kappa shape index (κ2) is 6.86. The van der Waals surface area contributed by atoms with Crippen LogP contribution < -0.4 is 0 Å². The second-order valence-corrected chi connectivity index (χ2v) is 6.50. The van der Waals surface area contributed by atoms with Crippen LogP contribution >= 0.6 is 11.6 Å². The van der Waals surface area contributed by atoms with Crippen LogP contribution in [0.1, 0.15) is 13.0 Å². The summed E-state index contributed by atoms with van der Waals surface area (Å²) in [4.78, 5) is 0. The zero-order chi connectivity index (χ0) is 18.1. The Kier molecular flexibility index (Phi) is 4.41. The van der Waals surface area contributed by atoms with Gasteiger partial charge in [-0.15, -0.1) is 10.2 Å². The van der Waals surface area contributed by atoms with Gasteiger partial charge in [0.05, 0.1) is 23.1 Å². The third-order valence-corrected chi connectivity index (χ3v) is 4.70. The fourth-order valence-corrected chi connectivity index (χ4v) is 3.27. The summed E-state index contributed by atoms with van der Waals surface area (Å²) in [6.07, 6.45) is 0. The van der Waals surface area contributed by atoms with Crippen LogP contribution in [0.15, 0.2) is 60.7 Å². The number of aliphatic hydroxyl groups is 1. The maximum Gasteiger partial charge on any atom is 0.182 e. The van der Waals surface area contributed by atoms with Crippen LogP contribution in [0.25, 0.3) is 33.5 Å². The highest BCUT2D eigenvalue weighted by Crippen LogP contribution is 2.37. The van der Waals surface area contributed by atoms with Gasteiger partial charge in [0.25, 0.3) is 0 Å². The van der Waals surface area contributed by atoms with Gasteiger partial charge in [0, 0.05) is 11.1 Å². The average molecular weight is 365 g/mol. The number of hydrogen-bond acceptors (Lipinski definition) is 4.